The van der Waals surface area contributed by atoms with Crippen LogP contribution in [-0.2, 0) is 17.1 Å². The molecule has 0 saturated carbocycles. The number of benzene rings is 1. The van der Waals surface area contributed by atoms with Gasteiger partial charge in [-0.3, -0.25) is 4.79 Å². The first-order chi connectivity index (χ1) is 8.10. The van der Waals surface area contributed by atoms with E-state index in [9.17, 15) is 4.79 Å². The van der Waals surface area contributed by atoms with Gasteiger partial charge in [0.1, 0.15) is 6.07 Å². The monoisotopic (exact) mass is 291 g/mol. The molecule has 1 aromatic rings. The number of hydrogen-bond donors (Lipinski definition) is 0. The molecular formula is C12H13FeNO4. The van der Waals surface area contributed by atoms with E-state index in [0.29, 0.717) is 17.1 Å². The Balaban J connectivity index is 0.00000289. The molecule has 5 nitrogen and oxygen atoms in total. The van der Waals surface area contributed by atoms with Crippen LogP contribution in [0.5, 0.6) is 17.2 Å². The van der Waals surface area contributed by atoms with Crippen LogP contribution in [0.25, 0.3) is 0 Å². The number of Topliss-reactive ketones (excluding diaryl/α,β-unsaturated/α-hetero) is 1. The smallest absolute Gasteiger partial charge is 0.266 e. The topological polar surface area (TPSA) is 68.6 Å². The third-order valence-corrected chi connectivity index (χ3v) is 2.36. The third kappa shape index (κ3) is 2.75. The maximum absolute atomic E-state index is 11.5. The number of methoxy groups -OCH3 is 3. The van der Waals surface area contributed by atoms with Crippen molar-refractivity contribution < 1.29 is 36.1 Å². The number of nitriles is 1. The molecule has 0 aliphatic carbocycles. The first-order valence-corrected chi connectivity index (χ1v) is 4.84. The van der Waals surface area contributed by atoms with Gasteiger partial charge in [0.2, 0.25) is 5.75 Å². The quantitative estimate of drug-likeness (QED) is 0.480. The van der Waals surface area contributed by atoms with Gasteiger partial charge >= 0.3 is 0 Å². The molecule has 0 heterocycles. The molecule has 0 N–H and O–H groups in total. The standard InChI is InChI=1S/C12H13NO4.Fe/c1-7-5-9(15-2)11(16-3)12(17-4)10(7)8(14)6-13;/h5H,1-4H3;. The third-order valence-electron chi connectivity index (χ3n) is 2.36. The van der Waals surface area contributed by atoms with Crippen LogP contribution in [0.1, 0.15) is 15.9 Å². The van der Waals surface area contributed by atoms with Crippen molar-refractivity contribution >= 4 is 5.78 Å². The van der Waals surface area contributed by atoms with E-state index in [2.05, 4.69) is 0 Å². The number of aryl methyl sites for hydroxylation is 1. The maximum Gasteiger partial charge on any atom is 0.266 e. The molecule has 0 radical (unpaired) electrons. The number of rotatable bonds is 4. The zero-order valence-electron chi connectivity index (χ0n) is 10.5. The van der Waals surface area contributed by atoms with Crippen molar-refractivity contribution in [1.82, 2.24) is 0 Å². The molecule has 0 aliphatic heterocycles. The zero-order chi connectivity index (χ0) is 13.0. The number of carbonyl (C=O) groups excluding carboxylic acids is 1. The molecule has 18 heavy (non-hydrogen) atoms. The van der Waals surface area contributed by atoms with Crippen molar-refractivity contribution in [3.63, 3.8) is 0 Å². The van der Waals surface area contributed by atoms with E-state index in [-0.39, 0.29) is 28.4 Å². The van der Waals surface area contributed by atoms with Gasteiger partial charge in [0.25, 0.3) is 5.78 Å². The second-order valence-electron chi connectivity index (χ2n) is 3.28. The first-order valence-electron chi connectivity index (χ1n) is 4.84. The second-order valence-corrected chi connectivity index (χ2v) is 3.28. The van der Waals surface area contributed by atoms with Gasteiger partial charge < -0.3 is 14.2 Å². The van der Waals surface area contributed by atoms with E-state index in [0.717, 1.165) is 0 Å². The number of ketones is 1. The molecule has 98 valence electrons. The number of nitrogens with zero attached hydrogens (tertiary/aromatic N) is 1. The van der Waals surface area contributed by atoms with Gasteiger partial charge in [-0.05, 0) is 18.6 Å². The van der Waals surface area contributed by atoms with Gasteiger partial charge in [-0.1, -0.05) is 0 Å². The summed E-state index contributed by atoms with van der Waals surface area (Å²) in [5, 5.41) is 8.70. The molecule has 0 amide bonds. The fourth-order valence-electron chi connectivity index (χ4n) is 1.62. The van der Waals surface area contributed by atoms with E-state index in [4.69, 9.17) is 19.5 Å². The fraction of sp³-hybridized carbons (Fsp3) is 0.333. The molecule has 0 saturated heterocycles. The SMILES string of the molecule is COc1cc(C)c(C(=O)C#N)c(OC)c1OC.[Fe]. The summed E-state index contributed by atoms with van der Waals surface area (Å²) in [6, 6.07) is 3.20. The molecule has 0 bridgehead atoms. The van der Waals surface area contributed by atoms with Crippen LogP contribution in [0.3, 0.4) is 0 Å². The van der Waals surface area contributed by atoms with Crippen molar-refractivity contribution in [1.29, 1.82) is 5.26 Å². The van der Waals surface area contributed by atoms with Crippen LogP contribution in [0.15, 0.2) is 6.07 Å². The van der Waals surface area contributed by atoms with Crippen LogP contribution in [0, 0.1) is 18.3 Å². The Labute approximate surface area is 116 Å². The summed E-state index contributed by atoms with van der Waals surface area (Å²) < 4.78 is 15.4. The van der Waals surface area contributed by atoms with Gasteiger partial charge in [-0.25, -0.2) is 0 Å². The van der Waals surface area contributed by atoms with Crippen LogP contribution >= 0.6 is 0 Å². The first kappa shape index (κ1) is 16.3. The molecule has 6 heteroatoms. The van der Waals surface area contributed by atoms with Crippen molar-refractivity contribution in [3.05, 3.63) is 17.2 Å². The molecule has 0 spiro atoms. The fourth-order valence-corrected chi connectivity index (χ4v) is 1.62. The van der Waals surface area contributed by atoms with Gasteiger partial charge in [-0.2, -0.15) is 5.26 Å². The average Bonchev–Trinajstić information content (AvgIpc) is 2.36. The Morgan fingerprint density at radius 1 is 1.17 bits per heavy atom. The van der Waals surface area contributed by atoms with E-state index in [1.54, 1.807) is 19.1 Å². The summed E-state index contributed by atoms with van der Waals surface area (Å²) in [6.07, 6.45) is 0. The van der Waals surface area contributed by atoms with Gasteiger partial charge in [0, 0.05) is 17.1 Å². The van der Waals surface area contributed by atoms with Crippen LogP contribution in [0.2, 0.25) is 0 Å². The van der Waals surface area contributed by atoms with Crippen LogP contribution in [-0.4, -0.2) is 27.1 Å². The van der Waals surface area contributed by atoms with E-state index in [1.807, 2.05) is 0 Å². The van der Waals surface area contributed by atoms with Crippen molar-refractivity contribution in [2.24, 2.45) is 0 Å². The Hall–Kier alpha value is -1.70. The van der Waals surface area contributed by atoms with E-state index >= 15 is 0 Å². The number of carbonyl (C=O) groups is 1. The molecular weight excluding hydrogens is 278 g/mol. The second kappa shape index (κ2) is 6.90. The molecule has 0 unspecified atom stereocenters. The minimum absolute atomic E-state index is 0. The molecule has 0 atom stereocenters. The Morgan fingerprint density at radius 3 is 2.11 bits per heavy atom. The van der Waals surface area contributed by atoms with Gasteiger partial charge in [0.15, 0.2) is 11.5 Å². The summed E-state index contributed by atoms with van der Waals surface area (Å²) >= 11 is 0. The van der Waals surface area contributed by atoms with Gasteiger partial charge in [-0.15, -0.1) is 0 Å². The maximum atomic E-state index is 11.5. The Kier molecular flexibility index (Phi) is 6.24. The number of hydrogen-bond acceptors (Lipinski definition) is 5. The van der Waals surface area contributed by atoms with Gasteiger partial charge in [0.05, 0.1) is 26.9 Å². The zero-order valence-corrected chi connectivity index (χ0v) is 11.6. The molecule has 0 fully saturated rings. The van der Waals surface area contributed by atoms with Crippen LogP contribution < -0.4 is 14.2 Å². The molecule has 0 aliphatic rings. The average molecular weight is 291 g/mol. The predicted molar refractivity (Wildman–Crippen MR) is 60.8 cm³/mol. The summed E-state index contributed by atoms with van der Waals surface area (Å²) in [4.78, 5) is 11.5. The summed E-state index contributed by atoms with van der Waals surface area (Å²) in [5.74, 6) is 0.312. The largest absolute Gasteiger partial charge is 0.493 e. The minimum Gasteiger partial charge on any atom is -0.493 e. The summed E-state index contributed by atoms with van der Waals surface area (Å²) in [7, 11) is 4.34. The summed E-state index contributed by atoms with van der Waals surface area (Å²) in [5.41, 5.74) is 0.804. The predicted octanol–water partition coefficient (Wildman–Crippen LogP) is 1.72. The van der Waals surface area contributed by atoms with E-state index in [1.165, 1.54) is 21.3 Å². The molecule has 1 aromatic carbocycles. The Morgan fingerprint density at radius 2 is 1.72 bits per heavy atom. The van der Waals surface area contributed by atoms with E-state index < -0.39 is 5.78 Å². The molecule has 1 rings (SSSR count). The van der Waals surface area contributed by atoms with Crippen molar-refractivity contribution in [2.75, 3.05) is 21.3 Å². The number of ether oxygens (including phenoxy) is 3. The van der Waals surface area contributed by atoms with Crippen molar-refractivity contribution in [2.45, 2.75) is 6.92 Å². The summed E-state index contributed by atoms with van der Waals surface area (Å²) in [6.45, 7) is 1.70. The minimum atomic E-state index is -0.666. The van der Waals surface area contributed by atoms with Crippen molar-refractivity contribution in [3.8, 4) is 23.3 Å². The molecule has 0 aromatic heterocycles. The Bertz CT molecular complexity index is 494. The normalized spacial score (nSPS) is 8.83. The van der Waals surface area contributed by atoms with Crippen LogP contribution in [0.4, 0.5) is 0 Å².